The van der Waals surface area contributed by atoms with Crippen LogP contribution in [0, 0.1) is 0 Å². The molecule has 8 nitrogen and oxygen atoms in total. The zero-order valence-electron chi connectivity index (χ0n) is 16.9. The Labute approximate surface area is 173 Å². The van der Waals surface area contributed by atoms with E-state index in [2.05, 4.69) is 4.98 Å². The van der Waals surface area contributed by atoms with Gasteiger partial charge in [-0.15, -0.1) is 0 Å². The number of pyridine rings is 1. The summed E-state index contributed by atoms with van der Waals surface area (Å²) < 4.78 is 7.66. The number of carbonyl (C=O) groups excluding carboxylic acids is 1. The van der Waals surface area contributed by atoms with E-state index in [-0.39, 0.29) is 24.5 Å². The number of aromatic nitrogens is 3. The summed E-state index contributed by atoms with van der Waals surface area (Å²) in [6.07, 6.45) is 4.58. The van der Waals surface area contributed by atoms with Gasteiger partial charge in [-0.3, -0.25) is 18.7 Å². The average Bonchev–Trinajstić information content (AvgIpc) is 2.80. The van der Waals surface area contributed by atoms with E-state index in [4.69, 9.17) is 4.74 Å². The third-order valence-corrected chi connectivity index (χ3v) is 5.49. The summed E-state index contributed by atoms with van der Waals surface area (Å²) in [4.78, 5) is 45.1. The van der Waals surface area contributed by atoms with Gasteiger partial charge in [0.25, 0.3) is 5.56 Å². The molecular weight excluding hydrogens is 384 g/mol. The lowest BCUT2D eigenvalue weighted by Crippen LogP contribution is -2.44. The number of hydrogen-bond acceptors (Lipinski definition) is 5. The molecule has 0 aliphatic carbocycles. The number of methoxy groups -OCH3 is 1. The first-order valence-electron chi connectivity index (χ1n) is 10.1. The number of hydrogen-bond donors (Lipinski definition) is 0. The van der Waals surface area contributed by atoms with E-state index in [1.54, 1.807) is 48.4 Å². The molecule has 1 amide bonds. The molecule has 3 aromatic rings. The van der Waals surface area contributed by atoms with E-state index in [1.165, 1.54) is 10.8 Å². The second-order valence-electron chi connectivity index (χ2n) is 7.42. The summed E-state index contributed by atoms with van der Waals surface area (Å²) in [7, 11) is 1.58. The first kappa shape index (κ1) is 19.9. The zero-order valence-corrected chi connectivity index (χ0v) is 16.9. The van der Waals surface area contributed by atoms with Crippen molar-refractivity contribution in [3.8, 4) is 5.75 Å². The van der Waals surface area contributed by atoms with E-state index in [0.29, 0.717) is 24.4 Å². The topological polar surface area (TPSA) is 86.4 Å². The van der Waals surface area contributed by atoms with Gasteiger partial charge in [0, 0.05) is 19.3 Å². The summed E-state index contributed by atoms with van der Waals surface area (Å²) in [6.45, 7) is 1.39. The number of likely N-dealkylation sites (tertiary alicyclic amines) is 1. The number of benzene rings is 1. The van der Waals surface area contributed by atoms with Crippen molar-refractivity contribution in [2.75, 3.05) is 20.2 Å². The minimum Gasteiger partial charge on any atom is -0.497 e. The molecule has 8 heteroatoms. The normalized spacial score (nSPS) is 14.1. The van der Waals surface area contributed by atoms with Crippen molar-refractivity contribution >= 4 is 16.9 Å². The van der Waals surface area contributed by atoms with Gasteiger partial charge in [-0.2, -0.15) is 0 Å². The fourth-order valence-corrected chi connectivity index (χ4v) is 3.83. The Hall–Kier alpha value is -3.42. The summed E-state index contributed by atoms with van der Waals surface area (Å²) in [6, 6.07) is 10.5. The third-order valence-electron chi connectivity index (χ3n) is 5.49. The zero-order chi connectivity index (χ0) is 21.1. The largest absolute Gasteiger partial charge is 0.497 e. The molecule has 0 saturated carbocycles. The van der Waals surface area contributed by atoms with Gasteiger partial charge in [0.15, 0.2) is 5.52 Å². The molecule has 2 aromatic heterocycles. The number of fused-ring (bicyclic) bond motifs is 1. The molecule has 1 saturated heterocycles. The number of amides is 1. The summed E-state index contributed by atoms with van der Waals surface area (Å²) in [5.41, 5.74) is 0.356. The minimum absolute atomic E-state index is 0.0894. The molecule has 0 bridgehead atoms. The van der Waals surface area contributed by atoms with E-state index in [0.717, 1.165) is 29.4 Å². The monoisotopic (exact) mass is 408 g/mol. The predicted molar refractivity (Wildman–Crippen MR) is 113 cm³/mol. The van der Waals surface area contributed by atoms with Crippen LogP contribution in [0.1, 0.15) is 24.8 Å². The van der Waals surface area contributed by atoms with Crippen molar-refractivity contribution in [2.45, 2.75) is 32.4 Å². The molecule has 1 aromatic carbocycles. The maximum atomic E-state index is 13.3. The molecule has 4 rings (SSSR count). The van der Waals surface area contributed by atoms with E-state index in [1.807, 2.05) is 0 Å². The number of piperidine rings is 1. The SMILES string of the molecule is COc1ccc(Cn2c(=O)c3ncccc3n(CC(=O)N3CCCCC3)c2=O)cc1. The molecule has 0 radical (unpaired) electrons. The summed E-state index contributed by atoms with van der Waals surface area (Å²) in [5.74, 6) is 0.576. The molecule has 1 aliphatic heterocycles. The molecule has 1 fully saturated rings. The predicted octanol–water partition coefficient (Wildman–Crippen LogP) is 1.63. The van der Waals surface area contributed by atoms with Crippen molar-refractivity contribution in [1.82, 2.24) is 19.0 Å². The Morgan fingerprint density at radius 2 is 1.77 bits per heavy atom. The maximum Gasteiger partial charge on any atom is 0.332 e. The van der Waals surface area contributed by atoms with Crippen molar-refractivity contribution in [3.05, 3.63) is 69.0 Å². The van der Waals surface area contributed by atoms with Crippen LogP contribution in [0.2, 0.25) is 0 Å². The Bertz CT molecular complexity index is 1170. The molecular formula is C22H24N4O4. The molecule has 3 heterocycles. The van der Waals surface area contributed by atoms with Crippen molar-refractivity contribution < 1.29 is 9.53 Å². The van der Waals surface area contributed by atoms with Crippen LogP contribution in [-0.2, 0) is 17.9 Å². The maximum absolute atomic E-state index is 13.3. The lowest BCUT2D eigenvalue weighted by molar-refractivity contribution is -0.132. The number of carbonyl (C=O) groups is 1. The fraction of sp³-hybridized carbons (Fsp3) is 0.364. The fourth-order valence-electron chi connectivity index (χ4n) is 3.83. The van der Waals surface area contributed by atoms with Gasteiger partial charge in [0.2, 0.25) is 5.91 Å². The Kier molecular flexibility index (Phi) is 5.65. The molecule has 30 heavy (non-hydrogen) atoms. The van der Waals surface area contributed by atoms with Gasteiger partial charge < -0.3 is 9.64 Å². The van der Waals surface area contributed by atoms with Crippen LogP contribution in [-0.4, -0.2) is 45.1 Å². The average molecular weight is 408 g/mol. The number of nitrogens with zero attached hydrogens (tertiary/aromatic N) is 4. The second-order valence-corrected chi connectivity index (χ2v) is 7.42. The highest BCUT2D eigenvalue weighted by Crippen LogP contribution is 2.13. The smallest absolute Gasteiger partial charge is 0.332 e. The summed E-state index contributed by atoms with van der Waals surface area (Å²) >= 11 is 0. The highest BCUT2D eigenvalue weighted by atomic mass is 16.5. The van der Waals surface area contributed by atoms with Gasteiger partial charge in [0.1, 0.15) is 12.3 Å². The lowest BCUT2D eigenvalue weighted by atomic mass is 10.1. The van der Waals surface area contributed by atoms with Gasteiger partial charge in [0.05, 0.1) is 19.2 Å². The van der Waals surface area contributed by atoms with E-state index in [9.17, 15) is 14.4 Å². The van der Waals surface area contributed by atoms with E-state index >= 15 is 0 Å². The van der Waals surface area contributed by atoms with Gasteiger partial charge in [-0.25, -0.2) is 9.78 Å². The first-order valence-corrected chi connectivity index (χ1v) is 10.1. The van der Waals surface area contributed by atoms with E-state index < -0.39 is 11.2 Å². The molecule has 1 aliphatic rings. The van der Waals surface area contributed by atoms with Crippen LogP contribution in [0.5, 0.6) is 5.75 Å². The highest BCUT2D eigenvalue weighted by molar-refractivity contribution is 5.79. The van der Waals surface area contributed by atoms with Crippen LogP contribution in [0.25, 0.3) is 11.0 Å². The standard InChI is InChI=1S/C22H24N4O4/c1-30-17-9-7-16(8-10-17)14-26-21(28)20-18(6-5-11-23-20)25(22(26)29)15-19(27)24-12-3-2-4-13-24/h5-11H,2-4,12-15H2,1H3. The van der Waals surface area contributed by atoms with Gasteiger partial charge >= 0.3 is 5.69 Å². The van der Waals surface area contributed by atoms with Gasteiger partial charge in [-0.05, 0) is 49.1 Å². The van der Waals surface area contributed by atoms with Crippen LogP contribution < -0.4 is 16.0 Å². The van der Waals surface area contributed by atoms with Crippen molar-refractivity contribution in [1.29, 1.82) is 0 Å². The Morgan fingerprint density at radius 1 is 1.03 bits per heavy atom. The second kappa shape index (κ2) is 8.52. The third kappa shape index (κ3) is 3.85. The number of ether oxygens (including phenoxy) is 1. The Balaban J connectivity index is 1.76. The number of rotatable bonds is 5. The molecule has 156 valence electrons. The molecule has 0 N–H and O–H groups in total. The van der Waals surface area contributed by atoms with Gasteiger partial charge in [-0.1, -0.05) is 12.1 Å². The van der Waals surface area contributed by atoms with Crippen LogP contribution >= 0.6 is 0 Å². The van der Waals surface area contributed by atoms with Crippen molar-refractivity contribution in [3.63, 3.8) is 0 Å². The molecule has 0 spiro atoms. The Morgan fingerprint density at radius 3 is 2.47 bits per heavy atom. The lowest BCUT2D eigenvalue weighted by Gasteiger charge is -2.27. The molecule has 0 unspecified atom stereocenters. The quantitative estimate of drug-likeness (QED) is 0.640. The molecule has 0 atom stereocenters. The minimum atomic E-state index is -0.512. The van der Waals surface area contributed by atoms with Crippen molar-refractivity contribution in [2.24, 2.45) is 0 Å². The highest BCUT2D eigenvalue weighted by Gasteiger charge is 2.21. The van der Waals surface area contributed by atoms with Crippen LogP contribution in [0.3, 0.4) is 0 Å². The van der Waals surface area contributed by atoms with Crippen LogP contribution in [0.4, 0.5) is 0 Å². The first-order chi connectivity index (χ1) is 14.6. The summed E-state index contributed by atoms with van der Waals surface area (Å²) in [5, 5.41) is 0. The van der Waals surface area contributed by atoms with Crippen LogP contribution in [0.15, 0.2) is 52.2 Å².